The van der Waals surface area contributed by atoms with Gasteiger partial charge in [0.25, 0.3) is 0 Å². The minimum absolute atomic E-state index is 0.0362. The molecule has 0 bridgehead atoms. The van der Waals surface area contributed by atoms with Crippen LogP contribution in [0.15, 0.2) is 66.9 Å². The molecule has 2 aromatic heterocycles. The van der Waals surface area contributed by atoms with Crippen molar-refractivity contribution in [2.45, 2.75) is 39.0 Å². The molecule has 0 aliphatic carbocycles. The van der Waals surface area contributed by atoms with Crippen LogP contribution in [0.1, 0.15) is 32.0 Å². The summed E-state index contributed by atoms with van der Waals surface area (Å²) < 4.78 is 17.7. The summed E-state index contributed by atoms with van der Waals surface area (Å²) >= 11 is 0. The monoisotopic (exact) mass is 556 g/mol. The Balaban J connectivity index is 1.57. The lowest BCUT2D eigenvalue weighted by atomic mass is 10.2. The standard InChI is InChI=1S/C30H32N6O5/c1-30(2,3)41-29(38)36-24-13-9-8-12-21(24)14-25(36)27-23(15-31)32-17-26(35-27)34-22(19-39-4)16-33-28(37)40-18-20-10-6-5-7-11-20/h5-14,17,22H,16,18-19H2,1-4H3,(H,33,37)(H,34,35). The van der Waals surface area contributed by atoms with Gasteiger partial charge in [0.2, 0.25) is 0 Å². The van der Waals surface area contributed by atoms with Gasteiger partial charge < -0.3 is 24.8 Å². The van der Waals surface area contributed by atoms with Gasteiger partial charge in [-0.05, 0) is 38.5 Å². The molecule has 2 heterocycles. The van der Waals surface area contributed by atoms with E-state index in [4.69, 9.17) is 14.2 Å². The number of carbonyl (C=O) groups excluding carboxylic acids is 2. The summed E-state index contributed by atoms with van der Waals surface area (Å²) in [5.74, 6) is 0.321. The van der Waals surface area contributed by atoms with E-state index in [-0.39, 0.29) is 31.1 Å². The predicted molar refractivity (Wildman–Crippen MR) is 153 cm³/mol. The lowest BCUT2D eigenvalue weighted by molar-refractivity contribution is 0.0547. The maximum absolute atomic E-state index is 13.3. The molecular weight excluding hydrogens is 524 g/mol. The van der Waals surface area contributed by atoms with E-state index in [1.54, 1.807) is 32.9 Å². The van der Waals surface area contributed by atoms with Crippen molar-refractivity contribution in [1.29, 1.82) is 5.26 Å². The lowest BCUT2D eigenvalue weighted by Crippen LogP contribution is -2.39. The number of methoxy groups -OCH3 is 1. The topological polar surface area (TPSA) is 140 Å². The van der Waals surface area contributed by atoms with Crippen molar-refractivity contribution >= 4 is 28.9 Å². The molecule has 0 spiro atoms. The molecular formula is C30H32N6O5. The van der Waals surface area contributed by atoms with E-state index in [2.05, 4.69) is 26.7 Å². The molecule has 11 nitrogen and oxygen atoms in total. The Morgan fingerprint density at radius 2 is 1.83 bits per heavy atom. The highest BCUT2D eigenvalue weighted by Crippen LogP contribution is 2.30. The number of nitrogens with one attached hydrogen (secondary N) is 2. The second kappa shape index (κ2) is 12.9. The Labute approximate surface area is 238 Å². The molecule has 0 saturated heterocycles. The summed E-state index contributed by atoms with van der Waals surface area (Å²) in [4.78, 5) is 34.5. The molecule has 4 aromatic rings. The van der Waals surface area contributed by atoms with Crippen molar-refractivity contribution in [1.82, 2.24) is 19.9 Å². The molecule has 11 heteroatoms. The van der Waals surface area contributed by atoms with Crippen molar-refractivity contribution in [3.8, 4) is 17.5 Å². The van der Waals surface area contributed by atoms with E-state index in [1.165, 1.54) is 17.9 Å². The van der Waals surface area contributed by atoms with E-state index in [0.29, 0.717) is 17.0 Å². The fourth-order valence-corrected chi connectivity index (χ4v) is 4.10. The number of para-hydroxylation sites is 1. The van der Waals surface area contributed by atoms with Crippen LogP contribution < -0.4 is 10.6 Å². The molecule has 0 radical (unpaired) electrons. The average Bonchev–Trinajstić information content (AvgIpc) is 3.34. The fraction of sp³-hybridized carbons (Fsp3) is 0.300. The summed E-state index contributed by atoms with van der Waals surface area (Å²) in [6.45, 7) is 5.88. The van der Waals surface area contributed by atoms with E-state index in [1.807, 2.05) is 48.5 Å². The largest absolute Gasteiger partial charge is 0.445 e. The zero-order valence-corrected chi connectivity index (χ0v) is 23.4. The normalized spacial score (nSPS) is 11.9. The predicted octanol–water partition coefficient (Wildman–Crippen LogP) is 5.11. The molecule has 2 N–H and O–H groups in total. The quantitative estimate of drug-likeness (QED) is 0.288. The van der Waals surface area contributed by atoms with Gasteiger partial charge in [0.15, 0.2) is 5.69 Å². The Kier molecular flexibility index (Phi) is 9.16. The number of benzene rings is 2. The van der Waals surface area contributed by atoms with Crippen molar-refractivity contribution in [3.63, 3.8) is 0 Å². The van der Waals surface area contributed by atoms with Crippen molar-refractivity contribution in [3.05, 3.63) is 78.1 Å². The molecule has 0 fully saturated rings. The van der Waals surface area contributed by atoms with Crippen molar-refractivity contribution < 1.29 is 23.8 Å². The van der Waals surface area contributed by atoms with Crippen LogP contribution in [-0.2, 0) is 20.8 Å². The summed E-state index contributed by atoms with van der Waals surface area (Å²) in [5.41, 5.74) is 1.34. The van der Waals surface area contributed by atoms with Gasteiger partial charge in [0, 0.05) is 19.0 Å². The van der Waals surface area contributed by atoms with Gasteiger partial charge in [-0.3, -0.25) is 0 Å². The van der Waals surface area contributed by atoms with Gasteiger partial charge in [-0.1, -0.05) is 48.5 Å². The first-order chi connectivity index (χ1) is 19.7. The zero-order chi connectivity index (χ0) is 29.4. The van der Waals surface area contributed by atoms with Gasteiger partial charge in [-0.2, -0.15) is 5.26 Å². The van der Waals surface area contributed by atoms with Gasteiger partial charge in [-0.25, -0.2) is 24.1 Å². The maximum Gasteiger partial charge on any atom is 0.419 e. The van der Waals surface area contributed by atoms with Crippen LogP contribution >= 0.6 is 0 Å². The van der Waals surface area contributed by atoms with Gasteiger partial charge >= 0.3 is 12.2 Å². The Morgan fingerprint density at radius 1 is 1.10 bits per heavy atom. The van der Waals surface area contributed by atoms with Crippen LogP contribution in [0.5, 0.6) is 0 Å². The first-order valence-corrected chi connectivity index (χ1v) is 13.0. The molecule has 212 valence electrons. The summed E-state index contributed by atoms with van der Waals surface area (Å²) in [6, 6.07) is 20.1. The molecule has 1 amide bonds. The smallest absolute Gasteiger partial charge is 0.419 e. The van der Waals surface area contributed by atoms with E-state index < -0.39 is 23.8 Å². The number of rotatable bonds is 9. The van der Waals surface area contributed by atoms with Crippen molar-refractivity contribution in [2.24, 2.45) is 0 Å². The third-order valence-electron chi connectivity index (χ3n) is 5.83. The van der Waals surface area contributed by atoms with Crippen LogP contribution in [0.4, 0.5) is 15.4 Å². The minimum Gasteiger partial charge on any atom is -0.445 e. The molecule has 41 heavy (non-hydrogen) atoms. The Bertz CT molecular complexity index is 1560. The van der Waals surface area contributed by atoms with Crippen LogP contribution in [0.3, 0.4) is 0 Å². The first kappa shape index (κ1) is 29.0. The van der Waals surface area contributed by atoms with E-state index >= 15 is 0 Å². The maximum atomic E-state index is 13.3. The second-order valence-corrected chi connectivity index (χ2v) is 10.2. The Morgan fingerprint density at radius 3 is 2.54 bits per heavy atom. The highest BCUT2D eigenvalue weighted by atomic mass is 16.6. The fourth-order valence-electron chi connectivity index (χ4n) is 4.10. The number of nitriles is 1. The van der Waals surface area contributed by atoms with E-state index in [9.17, 15) is 14.9 Å². The summed E-state index contributed by atoms with van der Waals surface area (Å²) in [6.07, 6.45) is 0.234. The minimum atomic E-state index is -0.741. The van der Waals surface area contributed by atoms with Gasteiger partial charge in [0.1, 0.15) is 29.8 Å². The number of aromatic nitrogens is 3. The van der Waals surface area contributed by atoms with Crippen LogP contribution in [0, 0.1) is 11.3 Å². The number of hydrogen-bond donors (Lipinski definition) is 2. The molecule has 0 aliphatic heterocycles. The third kappa shape index (κ3) is 7.58. The average molecular weight is 557 g/mol. The number of alkyl carbamates (subject to hydrolysis) is 1. The van der Waals surface area contributed by atoms with Crippen LogP contribution in [0.25, 0.3) is 22.3 Å². The number of amides is 1. The SMILES string of the molecule is COCC(CNC(=O)OCc1ccccc1)Nc1cnc(C#N)c(-c2cc3ccccc3n2C(=O)OC(C)(C)C)n1. The van der Waals surface area contributed by atoms with Gasteiger partial charge in [-0.15, -0.1) is 0 Å². The molecule has 0 aliphatic rings. The lowest BCUT2D eigenvalue weighted by Gasteiger charge is -2.21. The number of anilines is 1. The summed E-state index contributed by atoms with van der Waals surface area (Å²) in [7, 11) is 1.54. The third-order valence-corrected chi connectivity index (χ3v) is 5.83. The van der Waals surface area contributed by atoms with Crippen LogP contribution in [0.2, 0.25) is 0 Å². The first-order valence-electron chi connectivity index (χ1n) is 13.0. The molecule has 1 atom stereocenters. The van der Waals surface area contributed by atoms with E-state index in [0.717, 1.165) is 10.9 Å². The van der Waals surface area contributed by atoms with Crippen molar-refractivity contribution in [2.75, 3.05) is 25.6 Å². The number of ether oxygens (including phenoxy) is 3. The molecule has 2 aromatic carbocycles. The number of hydrogen-bond acceptors (Lipinski definition) is 9. The zero-order valence-electron chi connectivity index (χ0n) is 23.4. The molecule has 4 rings (SSSR count). The molecule has 1 unspecified atom stereocenters. The Hall–Kier alpha value is -4.95. The second-order valence-electron chi connectivity index (χ2n) is 10.2. The highest BCUT2D eigenvalue weighted by molar-refractivity contribution is 5.96. The van der Waals surface area contributed by atoms with Crippen LogP contribution in [-0.4, -0.2) is 58.6 Å². The van der Waals surface area contributed by atoms with Gasteiger partial charge in [0.05, 0.1) is 30.1 Å². The molecule has 0 saturated carbocycles. The summed E-state index contributed by atoms with van der Waals surface area (Å²) in [5, 5.41) is 16.5. The number of fused-ring (bicyclic) bond motifs is 1. The highest BCUT2D eigenvalue weighted by Gasteiger charge is 2.25. The number of nitrogens with zero attached hydrogens (tertiary/aromatic N) is 4. The number of carbonyl (C=O) groups is 2.